The molecule has 0 fully saturated rings. The van der Waals surface area contributed by atoms with E-state index in [-0.39, 0.29) is 12.4 Å². The van der Waals surface area contributed by atoms with Gasteiger partial charge in [-0.25, -0.2) is 0 Å². The van der Waals surface area contributed by atoms with E-state index in [1.165, 1.54) is 5.56 Å². The van der Waals surface area contributed by atoms with Crippen molar-refractivity contribution in [3.05, 3.63) is 65.7 Å². The fraction of sp³-hybridized carbons (Fsp3) is 0.381. The molecule has 2 aromatic rings. The zero-order valence-electron chi connectivity index (χ0n) is 15.1. The molecular weight excluding hydrogens is 312 g/mol. The molecule has 134 valence electrons. The summed E-state index contributed by atoms with van der Waals surface area (Å²) < 4.78 is 0. The first kappa shape index (κ1) is 19.2. The molecule has 25 heavy (non-hydrogen) atoms. The summed E-state index contributed by atoms with van der Waals surface area (Å²) in [6, 6.07) is 18.2. The summed E-state index contributed by atoms with van der Waals surface area (Å²) in [6.45, 7) is 0.602. The highest BCUT2D eigenvalue weighted by atomic mass is 16.3. The Kier molecular flexibility index (Phi) is 7.64. The van der Waals surface area contributed by atoms with Crippen molar-refractivity contribution in [1.29, 1.82) is 0 Å². The minimum atomic E-state index is 0.0913. The second-order valence-electron chi connectivity index (χ2n) is 6.50. The van der Waals surface area contributed by atoms with Gasteiger partial charge >= 0.3 is 0 Å². The molecule has 1 atom stereocenters. The molecule has 0 aliphatic carbocycles. The van der Waals surface area contributed by atoms with Crippen molar-refractivity contribution in [2.75, 3.05) is 32.6 Å². The smallest absolute Gasteiger partial charge is 0.162 e. The third-order valence-corrected chi connectivity index (χ3v) is 4.40. The number of carbonyl (C=O) groups excluding carboxylic acids is 1. The quantitative estimate of drug-likeness (QED) is 0.652. The fourth-order valence-electron chi connectivity index (χ4n) is 2.85. The molecule has 0 radical (unpaired) electrons. The van der Waals surface area contributed by atoms with E-state index in [9.17, 15) is 4.79 Å². The van der Waals surface area contributed by atoms with Crippen molar-refractivity contribution in [1.82, 2.24) is 4.90 Å². The summed E-state index contributed by atoms with van der Waals surface area (Å²) in [6.07, 6.45) is 2.33. The molecule has 0 heterocycles. The number of anilines is 1. The number of hydrogen-bond acceptors (Lipinski definition) is 4. The Morgan fingerprint density at radius 2 is 1.76 bits per heavy atom. The first-order chi connectivity index (χ1) is 12.1. The number of hydrogen-bond donors (Lipinski definition) is 2. The molecule has 0 bridgehead atoms. The van der Waals surface area contributed by atoms with Gasteiger partial charge in [-0.3, -0.25) is 4.79 Å². The second kappa shape index (κ2) is 9.97. The van der Waals surface area contributed by atoms with Gasteiger partial charge in [-0.2, -0.15) is 0 Å². The predicted molar refractivity (Wildman–Crippen MR) is 103 cm³/mol. The predicted octanol–water partition coefficient (Wildman–Crippen LogP) is 3.23. The molecule has 4 nitrogen and oxygen atoms in total. The number of rotatable bonds is 10. The van der Waals surface area contributed by atoms with Crippen molar-refractivity contribution < 1.29 is 9.90 Å². The van der Waals surface area contributed by atoms with Crippen molar-refractivity contribution in [3.8, 4) is 0 Å². The van der Waals surface area contributed by atoms with Crippen LogP contribution in [-0.4, -0.2) is 49.1 Å². The zero-order valence-corrected chi connectivity index (χ0v) is 15.1. The van der Waals surface area contributed by atoms with Gasteiger partial charge in [0.2, 0.25) is 0 Å². The maximum absolute atomic E-state index is 12.5. The van der Waals surface area contributed by atoms with Crippen molar-refractivity contribution in [3.63, 3.8) is 0 Å². The molecule has 0 aliphatic heterocycles. The van der Waals surface area contributed by atoms with Gasteiger partial charge in [-0.1, -0.05) is 30.3 Å². The molecule has 0 amide bonds. The Hall–Kier alpha value is -2.17. The van der Waals surface area contributed by atoms with Crippen LogP contribution in [0.15, 0.2) is 54.6 Å². The Morgan fingerprint density at radius 1 is 1.08 bits per heavy atom. The van der Waals surface area contributed by atoms with Crippen molar-refractivity contribution >= 4 is 11.5 Å². The van der Waals surface area contributed by atoms with Gasteiger partial charge in [-0.15, -0.1) is 0 Å². The highest BCUT2D eigenvalue weighted by molar-refractivity contribution is 5.96. The van der Waals surface area contributed by atoms with Crippen LogP contribution >= 0.6 is 0 Å². The molecule has 0 spiro atoms. The van der Waals surface area contributed by atoms with E-state index in [4.69, 9.17) is 5.11 Å². The van der Waals surface area contributed by atoms with E-state index in [0.717, 1.165) is 24.1 Å². The average Bonchev–Trinajstić information content (AvgIpc) is 2.64. The van der Waals surface area contributed by atoms with E-state index in [1.807, 2.05) is 30.3 Å². The maximum atomic E-state index is 12.5. The Bertz CT molecular complexity index is 639. The standard InChI is InChI=1S/C21H28N2O2/c1-23(2)20(16-17-6-4-3-5-7-17)12-13-21(25)18-8-10-19(11-9-18)22-14-15-24/h3-11,20,22,24H,12-16H2,1-2H3. The zero-order chi connectivity index (χ0) is 18.1. The lowest BCUT2D eigenvalue weighted by molar-refractivity contribution is 0.0968. The summed E-state index contributed by atoms with van der Waals surface area (Å²) >= 11 is 0. The molecule has 0 aliphatic rings. The number of carbonyl (C=O) groups is 1. The number of aliphatic hydroxyl groups is 1. The fourth-order valence-corrected chi connectivity index (χ4v) is 2.85. The number of nitrogens with one attached hydrogen (secondary N) is 1. The van der Waals surface area contributed by atoms with Gasteiger partial charge in [0.25, 0.3) is 0 Å². The SMILES string of the molecule is CN(C)C(CCC(=O)c1ccc(NCCO)cc1)Cc1ccccc1. The Morgan fingerprint density at radius 3 is 2.36 bits per heavy atom. The summed E-state index contributed by atoms with van der Waals surface area (Å²) in [5.41, 5.74) is 2.96. The van der Waals surface area contributed by atoms with Crippen molar-refractivity contribution in [2.24, 2.45) is 0 Å². The summed E-state index contributed by atoms with van der Waals surface area (Å²) in [5, 5.41) is 11.9. The van der Waals surface area contributed by atoms with E-state index < -0.39 is 0 Å². The third-order valence-electron chi connectivity index (χ3n) is 4.40. The highest BCUT2D eigenvalue weighted by Crippen LogP contribution is 2.16. The molecule has 0 saturated carbocycles. The molecule has 1 unspecified atom stereocenters. The maximum Gasteiger partial charge on any atom is 0.162 e. The molecule has 0 aromatic heterocycles. The van der Waals surface area contributed by atoms with Crippen LogP contribution in [0.5, 0.6) is 0 Å². The van der Waals surface area contributed by atoms with E-state index in [1.54, 1.807) is 0 Å². The van der Waals surface area contributed by atoms with E-state index >= 15 is 0 Å². The van der Waals surface area contributed by atoms with Crippen LogP contribution in [0.3, 0.4) is 0 Å². The largest absolute Gasteiger partial charge is 0.395 e. The number of nitrogens with zero attached hydrogens (tertiary/aromatic N) is 1. The third kappa shape index (κ3) is 6.33. The number of likely N-dealkylation sites (N-methyl/N-ethyl adjacent to an activating group) is 1. The van der Waals surface area contributed by atoms with Crippen LogP contribution in [0.4, 0.5) is 5.69 Å². The van der Waals surface area contributed by atoms with Gasteiger partial charge < -0.3 is 15.3 Å². The Balaban J connectivity index is 1.90. The van der Waals surface area contributed by atoms with Gasteiger partial charge in [0.05, 0.1) is 6.61 Å². The Labute approximate surface area is 150 Å². The number of aliphatic hydroxyl groups excluding tert-OH is 1. The summed E-state index contributed by atoms with van der Waals surface area (Å²) in [7, 11) is 4.14. The lowest BCUT2D eigenvalue weighted by atomic mass is 9.97. The molecule has 0 saturated heterocycles. The molecule has 4 heteroatoms. The first-order valence-electron chi connectivity index (χ1n) is 8.78. The number of ketones is 1. The molecule has 2 aromatic carbocycles. The average molecular weight is 340 g/mol. The van der Waals surface area contributed by atoms with E-state index in [2.05, 4.69) is 48.6 Å². The van der Waals surface area contributed by atoms with Gasteiger partial charge in [0, 0.05) is 30.3 Å². The molecule has 2 rings (SSSR count). The van der Waals surface area contributed by atoms with Crippen LogP contribution in [0.25, 0.3) is 0 Å². The van der Waals surface area contributed by atoms with Crippen LogP contribution in [0.2, 0.25) is 0 Å². The minimum absolute atomic E-state index is 0.0913. The van der Waals surface area contributed by atoms with Crippen molar-refractivity contribution in [2.45, 2.75) is 25.3 Å². The lowest BCUT2D eigenvalue weighted by Crippen LogP contribution is -2.30. The van der Waals surface area contributed by atoms with Crippen LogP contribution in [-0.2, 0) is 6.42 Å². The minimum Gasteiger partial charge on any atom is -0.395 e. The first-order valence-corrected chi connectivity index (χ1v) is 8.78. The summed E-state index contributed by atoms with van der Waals surface area (Å²) in [5.74, 6) is 0.175. The lowest BCUT2D eigenvalue weighted by Gasteiger charge is -2.24. The molecular formula is C21H28N2O2. The van der Waals surface area contributed by atoms with E-state index in [0.29, 0.717) is 19.0 Å². The van der Waals surface area contributed by atoms with Gasteiger partial charge in [0.15, 0.2) is 5.78 Å². The van der Waals surface area contributed by atoms with Crippen LogP contribution in [0.1, 0.15) is 28.8 Å². The topological polar surface area (TPSA) is 52.6 Å². The normalized spacial score (nSPS) is 12.2. The second-order valence-corrected chi connectivity index (χ2v) is 6.50. The van der Waals surface area contributed by atoms with Crippen LogP contribution < -0.4 is 5.32 Å². The van der Waals surface area contributed by atoms with Gasteiger partial charge in [-0.05, 0) is 56.8 Å². The van der Waals surface area contributed by atoms with Gasteiger partial charge in [0.1, 0.15) is 0 Å². The molecule has 2 N–H and O–H groups in total. The highest BCUT2D eigenvalue weighted by Gasteiger charge is 2.15. The monoisotopic (exact) mass is 340 g/mol. The number of Topliss-reactive ketones (excluding diaryl/α,β-unsaturated/α-hetero) is 1. The van der Waals surface area contributed by atoms with Crippen LogP contribution in [0, 0.1) is 0 Å². The number of benzene rings is 2. The summed E-state index contributed by atoms with van der Waals surface area (Å²) in [4.78, 5) is 14.7.